The van der Waals surface area contributed by atoms with Crippen LogP contribution in [0.25, 0.3) is 33.7 Å². The fourth-order valence-electron chi connectivity index (χ4n) is 2.52. The van der Waals surface area contributed by atoms with E-state index in [1.54, 1.807) is 6.20 Å². The zero-order valence-electron chi connectivity index (χ0n) is 13.7. The van der Waals surface area contributed by atoms with E-state index in [1.807, 2.05) is 50.2 Å². The average molecular weight is 399 g/mol. The first-order valence-electron chi connectivity index (χ1n) is 7.84. The van der Waals surface area contributed by atoms with Gasteiger partial charge in [0.2, 0.25) is 5.82 Å². The second-order valence-corrected chi connectivity index (χ2v) is 6.76. The number of nitrogens with one attached hydrogen (secondary N) is 1. The molecule has 2 heterocycles. The summed E-state index contributed by atoms with van der Waals surface area (Å²) in [6.07, 6.45) is 1.87. The Labute approximate surface area is 152 Å². The van der Waals surface area contributed by atoms with Crippen LogP contribution in [-0.4, -0.2) is 26.4 Å². The van der Waals surface area contributed by atoms with E-state index in [9.17, 15) is 0 Å². The quantitative estimate of drug-likeness (QED) is 0.532. The Morgan fingerprint density at radius 2 is 1.96 bits per heavy atom. The first-order valence-corrected chi connectivity index (χ1v) is 8.63. The van der Waals surface area contributed by atoms with Gasteiger partial charge in [-0.1, -0.05) is 5.16 Å². The molecule has 2 aromatic heterocycles. The van der Waals surface area contributed by atoms with Crippen LogP contribution in [0, 0.1) is 0 Å². The average Bonchev–Trinajstić information content (AvgIpc) is 3.24. The first kappa shape index (κ1) is 15.8. The molecule has 0 unspecified atom stereocenters. The lowest BCUT2D eigenvalue weighted by molar-refractivity contribution is 0.241. The molecule has 6 nitrogen and oxygen atoms in total. The van der Waals surface area contributed by atoms with Crippen molar-refractivity contribution in [1.29, 1.82) is 0 Å². The van der Waals surface area contributed by atoms with Crippen molar-refractivity contribution in [3.63, 3.8) is 0 Å². The van der Waals surface area contributed by atoms with Crippen LogP contribution in [0.4, 0.5) is 0 Å². The standard InChI is InChI=1S/C18H15BrN4O2/c1-10(2)24-16-6-4-12(8-14(16)19)18-21-17(23-25-18)11-3-5-15-13(7-11)9-20-22-15/h3-10H,1-2H3,(H,20,22). The van der Waals surface area contributed by atoms with Crippen LogP contribution < -0.4 is 4.74 Å². The van der Waals surface area contributed by atoms with Gasteiger partial charge in [-0.15, -0.1) is 0 Å². The minimum Gasteiger partial charge on any atom is -0.490 e. The van der Waals surface area contributed by atoms with Crippen LogP contribution in [0.15, 0.2) is 51.6 Å². The molecule has 126 valence electrons. The Balaban J connectivity index is 1.65. The zero-order chi connectivity index (χ0) is 17.4. The van der Waals surface area contributed by atoms with Crippen LogP contribution in [0.2, 0.25) is 0 Å². The Morgan fingerprint density at radius 3 is 2.76 bits per heavy atom. The molecule has 0 spiro atoms. The van der Waals surface area contributed by atoms with Gasteiger partial charge in [-0.25, -0.2) is 0 Å². The molecule has 25 heavy (non-hydrogen) atoms. The fourth-order valence-corrected chi connectivity index (χ4v) is 3.00. The maximum absolute atomic E-state index is 5.72. The van der Waals surface area contributed by atoms with Crippen molar-refractivity contribution in [2.45, 2.75) is 20.0 Å². The molecule has 2 aromatic carbocycles. The molecule has 0 aliphatic heterocycles. The van der Waals surface area contributed by atoms with E-state index in [0.717, 1.165) is 32.3 Å². The first-order chi connectivity index (χ1) is 12.1. The lowest BCUT2D eigenvalue weighted by atomic mass is 10.1. The molecule has 0 bridgehead atoms. The van der Waals surface area contributed by atoms with Gasteiger partial charge in [-0.2, -0.15) is 10.1 Å². The van der Waals surface area contributed by atoms with Crippen molar-refractivity contribution in [3.05, 3.63) is 47.1 Å². The number of ether oxygens (including phenoxy) is 1. The number of aromatic nitrogens is 4. The van der Waals surface area contributed by atoms with Gasteiger partial charge in [0.1, 0.15) is 5.75 Å². The van der Waals surface area contributed by atoms with E-state index in [0.29, 0.717) is 11.7 Å². The summed E-state index contributed by atoms with van der Waals surface area (Å²) in [7, 11) is 0. The number of H-pyrrole nitrogens is 1. The minimum absolute atomic E-state index is 0.106. The number of nitrogens with zero attached hydrogens (tertiary/aromatic N) is 3. The highest BCUT2D eigenvalue weighted by atomic mass is 79.9. The van der Waals surface area contributed by atoms with Crippen molar-refractivity contribution in [2.75, 3.05) is 0 Å². The zero-order valence-corrected chi connectivity index (χ0v) is 15.2. The molecule has 4 rings (SSSR count). The fraction of sp³-hybridized carbons (Fsp3) is 0.167. The van der Waals surface area contributed by atoms with Crippen LogP contribution in [0.3, 0.4) is 0 Å². The van der Waals surface area contributed by atoms with Gasteiger partial charge in [-0.05, 0) is 66.2 Å². The maximum atomic E-state index is 5.72. The van der Waals surface area contributed by atoms with Gasteiger partial charge in [0, 0.05) is 16.5 Å². The van der Waals surface area contributed by atoms with Crippen LogP contribution in [0.1, 0.15) is 13.8 Å². The molecule has 4 aromatic rings. The van der Waals surface area contributed by atoms with Gasteiger partial charge < -0.3 is 9.26 Å². The van der Waals surface area contributed by atoms with Crippen LogP contribution >= 0.6 is 15.9 Å². The summed E-state index contributed by atoms with van der Waals surface area (Å²) in [4.78, 5) is 4.50. The van der Waals surface area contributed by atoms with Crippen molar-refractivity contribution < 1.29 is 9.26 Å². The molecule has 0 atom stereocenters. The van der Waals surface area contributed by atoms with Crippen LogP contribution in [0.5, 0.6) is 5.75 Å². The highest BCUT2D eigenvalue weighted by Crippen LogP contribution is 2.31. The summed E-state index contributed by atoms with van der Waals surface area (Å²) in [6, 6.07) is 11.6. The predicted molar refractivity (Wildman–Crippen MR) is 98.3 cm³/mol. The molecule has 0 aliphatic rings. The van der Waals surface area contributed by atoms with Crippen molar-refractivity contribution in [1.82, 2.24) is 20.3 Å². The van der Waals surface area contributed by atoms with E-state index in [4.69, 9.17) is 9.26 Å². The summed E-state index contributed by atoms with van der Waals surface area (Å²) in [5.41, 5.74) is 2.67. The predicted octanol–water partition coefficient (Wildman–Crippen LogP) is 4.83. The van der Waals surface area contributed by atoms with Gasteiger partial charge in [-0.3, -0.25) is 5.10 Å². The van der Waals surface area contributed by atoms with Gasteiger partial charge in [0.15, 0.2) is 0 Å². The van der Waals surface area contributed by atoms with E-state index in [-0.39, 0.29) is 6.10 Å². The largest absolute Gasteiger partial charge is 0.490 e. The number of rotatable bonds is 4. The third-order valence-electron chi connectivity index (χ3n) is 3.67. The summed E-state index contributed by atoms with van der Waals surface area (Å²) in [5, 5.41) is 12.0. The van der Waals surface area contributed by atoms with E-state index in [1.165, 1.54) is 0 Å². The van der Waals surface area contributed by atoms with Gasteiger partial charge in [0.05, 0.1) is 22.3 Å². The number of aromatic amines is 1. The number of benzene rings is 2. The summed E-state index contributed by atoms with van der Waals surface area (Å²) >= 11 is 3.52. The highest BCUT2D eigenvalue weighted by Gasteiger charge is 2.13. The van der Waals surface area contributed by atoms with Crippen LogP contribution in [-0.2, 0) is 0 Å². The lowest BCUT2D eigenvalue weighted by Gasteiger charge is -2.11. The van der Waals surface area contributed by atoms with Crippen molar-refractivity contribution in [3.8, 4) is 28.6 Å². The Bertz CT molecular complexity index is 1040. The monoisotopic (exact) mass is 398 g/mol. The topological polar surface area (TPSA) is 76.8 Å². The SMILES string of the molecule is CC(C)Oc1ccc(-c2nc(-c3ccc4[nH]ncc4c3)no2)cc1Br. The number of hydrogen-bond acceptors (Lipinski definition) is 5. The minimum atomic E-state index is 0.106. The second kappa shape index (κ2) is 6.33. The molecule has 0 amide bonds. The molecule has 0 saturated heterocycles. The van der Waals surface area contributed by atoms with Gasteiger partial charge >= 0.3 is 0 Å². The Morgan fingerprint density at radius 1 is 1.12 bits per heavy atom. The van der Waals surface area contributed by atoms with Crippen molar-refractivity contribution in [2.24, 2.45) is 0 Å². The summed E-state index contributed by atoms with van der Waals surface area (Å²) in [6.45, 7) is 3.98. The number of fused-ring (bicyclic) bond motifs is 1. The van der Waals surface area contributed by atoms with E-state index >= 15 is 0 Å². The number of halogens is 1. The Hall–Kier alpha value is -2.67. The molecular weight excluding hydrogens is 384 g/mol. The molecule has 1 N–H and O–H groups in total. The Kier molecular flexibility index (Phi) is 4.01. The van der Waals surface area contributed by atoms with Crippen molar-refractivity contribution >= 4 is 26.8 Å². The molecule has 0 aliphatic carbocycles. The molecular formula is C18H15BrN4O2. The molecule has 0 saturated carbocycles. The normalized spacial score (nSPS) is 11.4. The molecule has 0 fully saturated rings. The smallest absolute Gasteiger partial charge is 0.258 e. The molecule has 7 heteroatoms. The summed E-state index contributed by atoms with van der Waals surface area (Å²) in [5.74, 6) is 1.78. The van der Waals surface area contributed by atoms with E-state index in [2.05, 4.69) is 36.3 Å². The third-order valence-corrected chi connectivity index (χ3v) is 4.29. The molecule has 0 radical (unpaired) electrons. The van der Waals surface area contributed by atoms with Gasteiger partial charge in [0.25, 0.3) is 5.89 Å². The third kappa shape index (κ3) is 3.15. The number of hydrogen-bond donors (Lipinski definition) is 1. The maximum Gasteiger partial charge on any atom is 0.258 e. The van der Waals surface area contributed by atoms with E-state index < -0.39 is 0 Å². The lowest BCUT2D eigenvalue weighted by Crippen LogP contribution is -2.05. The second-order valence-electron chi connectivity index (χ2n) is 5.91. The highest BCUT2D eigenvalue weighted by molar-refractivity contribution is 9.10. The summed E-state index contributed by atoms with van der Waals surface area (Å²) < 4.78 is 12.0.